The van der Waals surface area contributed by atoms with Gasteiger partial charge in [-0.15, -0.1) is 0 Å². The third-order valence-corrected chi connectivity index (χ3v) is 5.26. The number of hydrogen-bond donors (Lipinski definition) is 3. The number of nitrogens with one attached hydrogen (secondary N) is 3. The number of halogens is 1. The van der Waals surface area contributed by atoms with Crippen LogP contribution in [0, 0.1) is 12.8 Å². The van der Waals surface area contributed by atoms with E-state index in [0.717, 1.165) is 16.9 Å². The van der Waals surface area contributed by atoms with Crippen LogP contribution in [-0.2, 0) is 4.79 Å². The molecule has 0 aromatic heterocycles. The first-order valence-electron chi connectivity index (χ1n) is 8.30. The van der Waals surface area contributed by atoms with E-state index in [1.807, 2.05) is 32.0 Å². The van der Waals surface area contributed by atoms with Crippen molar-refractivity contribution < 1.29 is 9.53 Å². The lowest BCUT2D eigenvalue weighted by Crippen LogP contribution is -2.70. The lowest BCUT2D eigenvalue weighted by atomic mass is 9.79. The third-order valence-electron chi connectivity index (χ3n) is 4.79. The Bertz CT molecular complexity index is 902. The smallest absolute Gasteiger partial charge is 0.236 e. The number of fused-ring (bicyclic) bond motifs is 4. The van der Waals surface area contributed by atoms with Crippen molar-refractivity contribution >= 4 is 40.5 Å². The molecule has 1 fully saturated rings. The van der Waals surface area contributed by atoms with Crippen molar-refractivity contribution in [3.05, 3.63) is 58.6 Å². The van der Waals surface area contributed by atoms with E-state index in [1.54, 1.807) is 24.3 Å². The number of ether oxygens (including phenoxy) is 1. The predicted octanol–water partition coefficient (Wildman–Crippen LogP) is 3.53. The van der Waals surface area contributed by atoms with Crippen LogP contribution in [0.4, 0.5) is 5.69 Å². The van der Waals surface area contributed by atoms with E-state index in [-0.39, 0.29) is 11.9 Å². The molecule has 0 spiro atoms. The molecular formula is C19H18ClN3O2S. The second kappa shape index (κ2) is 6.14. The molecule has 26 heavy (non-hydrogen) atoms. The van der Waals surface area contributed by atoms with E-state index in [4.69, 9.17) is 28.6 Å². The second-order valence-corrected chi connectivity index (χ2v) is 7.65. The van der Waals surface area contributed by atoms with Crippen LogP contribution in [0.25, 0.3) is 0 Å². The third kappa shape index (κ3) is 2.89. The number of carbonyl (C=O) groups excluding carboxylic acids is 1. The molecule has 2 bridgehead atoms. The fourth-order valence-electron chi connectivity index (χ4n) is 3.62. The minimum Gasteiger partial charge on any atom is -0.467 e. The van der Waals surface area contributed by atoms with Gasteiger partial charge in [0.15, 0.2) is 10.8 Å². The first-order valence-corrected chi connectivity index (χ1v) is 9.09. The van der Waals surface area contributed by atoms with Gasteiger partial charge in [0.05, 0.1) is 6.04 Å². The Hall–Kier alpha value is -2.31. The van der Waals surface area contributed by atoms with Crippen LogP contribution in [0.2, 0.25) is 5.02 Å². The number of hydrogen-bond acceptors (Lipinski definition) is 3. The molecule has 7 heteroatoms. The van der Waals surface area contributed by atoms with Crippen LogP contribution in [0.5, 0.6) is 5.75 Å². The van der Waals surface area contributed by atoms with Gasteiger partial charge in [-0.1, -0.05) is 29.3 Å². The molecule has 2 aromatic rings. The molecule has 1 saturated heterocycles. The fourth-order valence-corrected chi connectivity index (χ4v) is 4.07. The monoisotopic (exact) mass is 387 g/mol. The highest BCUT2D eigenvalue weighted by atomic mass is 35.5. The maximum Gasteiger partial charge on any atom is 0.236 e. The molecule has 1 amide bonds. The zero-order chi connectivity index (χ0) is 18.5. The summed E-state index contributed by atoms with van der Waals surface area (Å²) in [7, 11) is 0. The maximum absolute atomic E-state index is 13.1. The normalized spacial score (nSPS) is 26.0. The summed E-state index contributed by atoms with van der Waals surface area (Å²) in [6, 6.07) is 12.7. The van der Waals surface area contributed by atoms with Gasteiger partial charge in [-0.3, -0.25) is 4.79 Å². The molecule has 3 N–H and O–H groups in total. The van der Waals surface area contributed by atoms with E-state index < -0.39 is 11.6 Å². The molecule has 0 radical (unpaired) electrons. The predicted molar refractivity (Wildman–Crippen MR) is 105 cm³/mol. The molecule has 2 heterocycles. The number of rotatable bonds is 2. The molecule has 0 saturated carbocycles. The van der Waals surface area contributed by atoms with Crippen LogP contribution in [0.15, 0.2) is 42.5 Å². The first-order chi connectivity index (χ1) is 12.4. The Kier molecular flexibility index (Phi) is 4.04. The molecule has 0 unspecified atom stereocenters. The molecule has 0 aliphatic carbocycles. The molecule has 2 aromatic carbocycles. The largest absolute Gasteiger partial charge is 0.467 e. The number of thiocarbonyl (C=S) groups is 1. The first kappa shape index (κ1) is 17.1. The molecule has 5 nitrogen and oxygen atoms in total. The summed E-state index contributed by atoms with van der Waals surface area (Å²) in [5.41, 5.74) is 1.77. The summed E-state index contributed by atoms with van der Waals surface area (Å²) in [6.45, 7) is 3.86. The number of benzene rings is 2. The average molecular weight is 388 g/mol. The number of aryl methyl sites for hydroxylation is 1. The summed E-state index contributed by atoms with van der Waals surface area (Å²) in [5, 5.41) is 10.4. The molecule has 2 aliphatic rings. The Morgan fingerprint density at radius 1 is 1.27 bits per heavy atom. The highest BCUT2D eigenvalue weighted by molar-refractivity contribution is 7.80. The van der Waals surface area contributed by atoms with E-state index in [9.17, 15) is 4.79 Å². The van der Waals surface area contributed by atoms with Crippen LogP contribution < -0.4 is 20.7 Å². The summed E-state index contributed by atoms with van der Waals surface area (Å²) < 4.78 is 6.19. The van der Waals surface area contributed by atoms with E-state index in [1.165, 1.54) is 0 Å². The van der Waals surface area contributed by atoms with Gasteiger partial charge in [0.1, 0.15) is 11.7 Å². The quantitative estimate of drug-likeness (QED) is 0.688. The molecular weight excluding hydrogens is 370 g/mol. The van der Waals surface area contributed by atoms with Crippen molar-refractivity contribution in [1.82, 2.24) is 10.6 Å². The van der Waals surface area contributed by atoms with E-state index >= 15 is 0 Å². The Morgan fingerprint density at radius 3 is 2.73 bits per heavy atom. The fraction of sp³-hybridized carbons (Fsp3) is 0.263. The van der Waals surface area contributed by atoms with Gasteiger partial charge in [0, 0.05) is 16.3 Å². The molecule has 2 aliphatic heterocycles. The Balaban J connectivity index is 1.71. The van der Waals surface area contributed by atoms with E-state index in [0.29, 0.717) is 15.8 Å². The van der Waals surface area contributed by atoms with Gasteiger partial charge in [0.2, 0.25) is 5.91 Å². The van der Waals surface area contributed by atoms with E-state index in [2.05, 4.69) is 16.0 Å². The van der Waals surface area contributed by atoms with Crippen molar-refractivity contribution in [2.75, 3.05) is 5.32 Å². The van der Waals surface area contributed by atoms with Crippen molar-refractivity contribution in [1.29, 1.82) is 0 Å². The summed E-state index contributed by atoms with van der Waals surface area (Å²) in [6.07, 6.45) is 0. The Morgan fingerprint density at radius 2 is 2.00 bits per heavy atom. The van der Waals surface area contributed by atoms with Gasteiger partial charge < -0.3 is 20.7 Å². The van der Waals surface area contributed by atoms with Crippen LogP contribution in [-0.4, -0.2) is 16.7 Å². The standard InChI is InChI=1S/C19H18ClN3O2S/c1-10-3-8-14-13(9-10)16-15(19(2,25-14)23-18(26)22-16)17(24)21-12-6-4-11(20)5-7-12/h3-9,15-16H,1-2H3,(H,21,24)(H2,22,23,26)/t15-,16-,19+/m0/s1. The van der Waals surface area contributed by atoms with Crippen LogP contribution in [0.1, 0.15) is 24.1 Å². The van der Waals surface area contributed by atoms with Crippen LogP contribution >= 0.6 is 23.8 Å². The molecule has 134 valence electrons. The average Bonchev–Trinajstić information content (AvgIpc) is 2.56. The van der Waals surface area contributed by atoms with Gasteiger partial charge >= 0.3 is 0 Å². The zero-order valence-corrected chi connectivity index (χ0v) is 15.9. The Labute approximate surface area is 162 Å². The maximum atomic E-state index is 13.1. The van der Waals surface area contributed by atoms with Crippen molar-refractivity contribution in [3.63, 3.8) is 0 Å². The highest BCUT2D eigenvalue weighted by Crippen LogP contribution is 2.45. The number of carbonyl (C=O) groups is 1. The number of anilines is 1. The summed E-state index contributed by atoms with van der Waals surface area (Å²) >= 11 is 11.2. The lowest BCUT2D eigenvalue weighted by Gasteiger charge is -2.50. The van der Waals surface area contributed by atoms with Crippen molar-refractivity contribution in [3.8, 4) is 5.75 Å². The van der Waals surface area contributed by atoms with Gasteiger partial charge in [-0.25, -0.2) is 0 Å². The van der Waals surface area contributed by atoms with Crippen molar-refractivity contribution in [2.24, 2.45) is 5.92 Å². The topological polar surface area (TPSA) is 62.4 Å². The molecule has 3 atom stereocenters. The SMILES string of the molecule is Cc1ccc2c(c1)[C@@H]1NC(=S)N[C@](C)(O2)[C@@H]1C(=O)Nc1ccc(Cl)cc1. The second-order valence-electron chi connectivity index (χ2n) is 6.80. The zero-order valence-electron chi connectivity index (χ0n) is 14.3. The van der Waals surface area contributed by atoms with Gasteiger partial charge in [-0.2, -0.15) is 0 Å². The summed E-state index contributed by atoms with van der Waals surface area (Å²) in [4.78, 5) is 13.1. The van der Waals surface area contributed by atoms with Crippen molar-refractivity contribution in [2.45, 2.75) is 25.6 Å². The molecule has 4 rings (SSSR count). The number of amides is 1. The van der Waals surface area contributed by atoms with Gasteiger partial charge in [0.25, 0.3) is 0 Å². The highest BCUT2D eigenvalue weighted by Gasteiger charge is 2.54. The van der Waals surface area contributed by atoms with Crippen LogP contribution in [0.3, 0.4) is 0 Å². The lowest BCUT2D eigenvalue weighted by molar-refractivity contribution is -0.132. The minimum absolute atomic E-state index is 0.158. The minimum atomic E-state index is -0.939. The summed E-state index contributed by atoms with van der Waals surface area (Å²) in [5.74, 6) is 0.0785. The van der Waals surface area contributed by atoms with Gasteiger partial charge in [-0.05, 0) is 56.4 Å².